The van der Waals surface area contributed by atoms with Gasteiger partial charge >= 0.3 is 0 Å². The highest BCUT2D eigenvalue weighted by atomic mass is 35.5. The number of tetrazole rings is 1. The van der Waals surface area contributed by atoms with E-state index in [1.165, 1.54) is 16.0 Å². The van der Waals surface area contributed by atoms with E-state index in [9.17, 15) is 4.79 Å². The van der Waals surface area contributed by atoms with E-state index in [4.69, 9.17) is 23.2 Å². The summed E-state index contributed by atoms with van der Waals surface area (Å²) in [6.45, 7) is 0. The molecule has 0 atom stereocenters. The van der Waals surface area contributed by atoms with Crippen molar-refractivity contribution in [3.63, 3.8) is 0 Å². The van der Waals surface area contributed by atoms with E-state index in [-0.39, 0.29) is 12.3 Å². The molecule has 2 heterocycles. The maximum atomic E-state index is 12.0. The van der Waals surface area contributed by atoms with Crippen molar-refractivity contribution in [3.8, 4) is 11.3 Å². The van der Waals surface area contributed by atoms with Gasteiger partial charge in [-0.2, -0.15) is 0 Å². The summed E-state index contributed by atoms with van der Waals surface area (Å²) in [7, 11) is 1.67. The molecule has 3 aromatic rings. The Bertz CT molecular complexity index is 862. The van der Waals surface area contributed by atoms with Gasteiger partial charge in [0.25, 0.3) is 0 Å². The maximum Gasteiger partial charge on any atom is 0.233 e. The highest BCUT2D eigenvalue weighted by molar-refractivity contribution is 7.14. The summed E-state index contributed by atoms with van der Waals surface area (Å²) in [4.78, 5) is 16.4. The number of anilines is 1. The molecule has 0 saturated carbocycles. The molecule has 0 bridgehead atoms. The van der Waals surface area contributed by atoms with Gasteiger partial charge in [0.05, 0.1) is 17.1 Å². The van der Waals surface area contributed by atoms with Crippen molar-refractivity contribution in [2.75, 3.05) is 5.32 Å². The van der Waals surface area contributed by atoms with Crippen LogP contribution < -0.4 is 5.32 Å². The predicted octanol–water partition coefficient (Wildman–Crippen LogP) is 2.82. The molecule has 10 heteroatoms. The van der Waals surface area contributed by atoms with Crippen molar-refractivity contribution in [2.45, 2.75) is 6.42 Å². The minimum absolute atomic E-state index is 0.0696. The van der Waals surface area contributed by atoms with E-state index in [1.54, 1.807) is 25.2 Å². The molecule has 0 radical (unpaired) electrons. The fourth-order valence-corrected chi connectivity index (χ4v) is 3.09. The molecule has 1 N–H and O–H groups in total. The van der Waals surface area contributed by atoms with Crippen molar-refractivity contribution in [3.05, 3.63) is 39.4 Å². The van der Waals surface area contributed by atoms with Gasteiger partial charge in [-0.05, 0) is 28.6 Å². The van der Waals surface area contributed by atoms with Crippen LogP contribution in [0.2, 0.25) is 10.0 Å². The van der Waals surface area contributed by atoms with Crippen LogP contribution in [-0.4, -0.2) is 31.1 Å². The molecule has 118 valence electrons. The molecule has 0 spiro atoms. The van der Waals surface area contributed by atoms with Crippen LogP contribution in [0, 0.1) is 0 Å². The molecule has 7 nitrogen and oxygen atoms in total. The third-order valence-corrected chi connectivity index (χ3v) is 4.29. The minimum Gasteiger partial charge on any atom is -0.302 e. The summed E-state index contributed by atoms with van der Waals surface area (Å²) in [5, 5.41) is 17.0. The van der Waals surface area contributed by atoms with Crippen LogP contribution in [0.4, 0.5) is 5.13 Å². The second-order valence-corrected chi connectivity index (χ2v) is 6.31. The second-order valence-electron chi connectivity index (χ2n) is 4.61. The Morgan fingerprint density at radius 3 is 2.91 bits per heavy atom. The number of carbonyl (C=O) groups is 1. The average Bonchev–Trinajstić information content (AvgIpc) is 3.09. The molecule has 0 fully saturated rings. The van der Waals surface area contributed by atoms with Gasteiger partial charge < -0.3 is 5.32 Å². The lowest BCUT2D eigenvalue weighted by Crippen LogP contribution is -2.17. The van der Waals surface area contributed by atoms with Gasteiger partial charge in [0, 0.05) is 23.0 Å². The van der Waals surface area contributed by atoms with E-state index in [2.05, 4.69) is 25.8 Å². The van der Waals surface area contributed by atoms with E-state index in [1.807, 2.05) is 5.38 Å². The number of thiazole rings is 1. The summed E-state index contributed by atoms with van der Waals surface area (Å²) in [5.74, 6) is 0.228. The highest BCUT2D eigenvalue weighted by Gasteiger charge is 2.13. The third-order valence-electron chi connectivity index (χ3n) is 2.98. The molecular weight excluding hydrogens is 359 g/mol. The molecule has 0 saturated heterocycles. The number of nitrogens with zero attached hydrogens (tertiary/aromatic N) is 5. The number of amides is 1. The molecule has 0 aliphatic heterocycles. The average molecular weight is 369 g/mol. The largest absolute Gasteiger partial charge is 0.302 e. The van der Waals surface area contributed by atoms with Gasteiger partial charge in [0.15, 0.2) is 11.0 Å². The normalized spacial score (nSPS) is 10.7. The van der Waals surface area contributed by atoms with Crippen LogP contribution in [0.15, 0.2) is 23.6 Å². The van der Waals surface area contributed by atoms with Crippen molar-refractivity contribution >= 4 is 45.6 Å². The molecule has 1 aromatic carbocycles. The van der Waals surface area contributed by atoms with E-state index in [0.29, 0.717) is 26.7 Å². The summed E-state index contributed by atoms with van der Waals surface area (Å²) >= 11 is 13.3. The number of nitrogens with one attached hydrogen (secondary N) is 1. The Hall–Kier alpha value is -2.03. The number of aromatic nitrogens is 5. The summed E-state index contributed by atoms with van der Waals surface area (Å²) in [6, 6.07) is 5.18. The number of rotatable bonds is 4. The number of benzene rings is 1. The predicted molar refractivity (Wildman–Crippen MR) is 88.7 cm³/mol. The van der Waals surface area contributed by atoms with Crippen molar-refractivity contribution < 1.29 is 4.79 Å². The zero-order valence-corrected chi connectivity index (χ0v) is 14.2. The SMILES string of the molecule is Cn1nnnc1CC(=O)Nc1nc(-c2ccc(Cl)cc2Cl)cs1. The molecule has 0 aliphatic carbocycles. The smallest absolute Gasteiger partial charge is 0.233 e. The maximum absolute atomic E-state index is 12.0. The van der Waals surface area contributed by atoms with Crippen LogP contribution in [0.25, 0.3) is 11.3 Å². The van der Waals surface area contributed by atoms with E-state index in [0.717, 1.165) is 5.56 Å². The fraction of sp³-hybridized carbons (Fsp3) is 0.154. The number of hydrogen-bond donors (Lipinski definition) is 1. The molecule has 23 heavy (non-hydrogen) atoms. The summed E-state index contributed by atoms with van der Waals surface area (Å²) in [6.07, 6.45) is 0.0696. The van der Waals surface area contributed by atoms with Crippen LogP contribution in [-0.2, 0) is 18.3 Å². The Labute approximate surface area is 145 Å². The standard InChI is InChI=1S/C13H10Cl2N6OS/c1-21-11(18-19-20-21)5-12(22)17-13-16-10(6-23-13)8-3-2-7(14)4-9(8)15/h2-4,6H,5H2,1H3,(H,16,17,22). The molecule has 0 unspecified atom stereocenters. The first kappa shape index (κ1) is 15.9. The first-order valence-corrected chi connectivity index (χ1v) is 8.08. The molecule has 2 aromatic heterocycles. The number of carbonyl (C=O) groups excluding carboxylic acids is 1. The first-order chi connectivity index (χ1) is 11.0. The fourth-order valence-electron chi connectivity index (χ4n) is 1.86. The van der Waals surface area contributed by atoms with Gasteiger partial charge in [0.1, 0.15) is 0 Å². The van der Waals surface area contributed by atoms with Gasteiger partial charge in [-0.15, -0.1) is 16.4 Å². The highest BCUT2D eigenvalue weighted by Crippen LogP contribution is 2.32. The van der Waals surface area contributed by atoms with Crippen LogP contribution >= 0.6 is 34.5 Å². The molecule has 3 rings (SSSR count). The topological polar surface area (TPSA) is 85.6 Å². The number of hydrogen-bond acceptors (Lipinski definition) is 6. The van der Waals surface area contributed by atoms with Crippen molar-refractivity contribution in [2.24, 2.45) is 7.05 Å². The Kier molecular flexibility index (Phi) is 4.56. The van der Waals surface area contributed by atoms with Gasteiger partial charge in [-0.3, -0.25) is 4.79 Å². The monoisotopic (exact) mass is 368 g/mol. The minimum atomic E-state index is -0.244. The lowest BCUT2D eigenvalue weighted by molar-refractivity contribution is -0.115. The summed E-state index contributed by atoms with van der Waals surface area (Å²) in [5.41, 5.74) is 1.43. The van der Waals surface area contributed by atoms with Gasteiger partial charge in [-0.1, -0.05) is 23.2 Å². The van der Waals surface area contributed by atoms with Crippen molar-refractivity contribution in [1.29, 1.82) is 0 Å². The lowest BCUT2D eigenvalue weighted by atomic mass is 10.2. The first-order valence-electron chi connectivity index (χ1n) is 6.45. The third kappa shape index (κ3) is 3.66. The van der Waals surface area contributed by atoms with Crippen LogP contribution in [0.3, 0.4) is 0 Å². The second kappa shape index (κ2) is 6.61. The molecule has 1 amide bonds. The zero-order valence-electron chi connectivity index (χ0n) is 11.8. The van der Waals surface area contributed by atoms with E-state index < -0.39 is 0 Å². The van der Waals surface area contributed by atoms with E-state index >= 15 is 0 Å². The van der Waals surface area contributed by atoms with Crippen LogP contribution in [0.1, 0.15) is 5.82 Å². The van der Waals surface area contributed by atoms with Gasteiger partial charge in [0.2, 0.25) is 5.91 Å². The molecular formula is C13H10Cl2N6OS. The Balaban J connectivity index is 1.72. The zero-order chi connectivity index (χ0) is 16.4. The Morgan fingerprint density at radius 2 is 2.22 bits per heavy atom. The quantitative estimate of drug-likeness (QED) is 0.764. The van der Waals surface area contributed by atoms with Gasteiger partial charge in [-0.25, -0.2) is 9.67 Å². The van der Waals surface area contributed by atoms with Crippen molar-refractivity contribution in [1.82, 2.24) is 25.2 Å². The summed E-state index contributed by atoms with van der Waals surface area (Å²) < 4.78 is 1.44. The number of halogens is 2. The lowest BCUT2D eigenvalue weighted by Gasteiger charge is -2.02. The number of aryl methyl sites for hydroxylation is 1. The van der Waals surface area contributed by atoms with Crippen LogP contribution in [0.5, 0.6) is 0 Å². The molecule has 0 aliphatic rings. The Morgan fingerprint density at radius 1 is 1.39 bits per heavy atom.